The van der Waals surface area contributed by atoms with Gasteiger partial charge in [-0.05, 0) is 47.8 Å². The number of hydrogen-bond acceptors (Lipinski definition) is 2. The summed E-state index contributed by atoms with van der Waals surface area (Å²) in [7, 11) is 0. The fourth-order valence-corrected chi connectivity index (χ4v) is 3.10. The van der Waals surface area contributed by atoms with Crippen LogP contribution in [-0.2, 0) is 0 Å². The summed E-state index contributed by atoms with van der Waals surface area (Å²) in [4.78, 5) is 4.73. The van der Waals surface area contributed by atoms with E-state index in [9.17, 15) is 4.39 Å². The summed E-state index contributed by atoms with van der Waals surface area (Å²) in [6.07, 6.45) is 0. The first-order chi connectivity index (χ1) is 10.3. The van der Waals surface area contributed by atoms with Crippen LogP contribution in [0.5, 0.6) is 0 Å². The highest BCUT2D eigenvalue weighted by atomic mass is 32.1. The highest BCUT2D eigenvalue weighted by Gasteiger charge is 2.14. The predicted molar refractivity (Wildman–Crippen MR) is 84.3 cm³/mol. The van der Waals surface area contributed by atoms with Crippen LogP contribution >= 0.6 is 11.3 Å². The van der Waals surface area contributed by atoms with E-state index < -0.39 is 0 Å². The molecule has 0 spiro atoms. The van der Waals surface area contributed by atoms with Crippen molar-refractivity contribution in [1.29, 1.82) is 0 Å². The van der Waals surface area contributed by atoms with E-state index in [4.69, 9.17) is 4.98 Å². The van der Waals surface area contributed by atoms with Gasteiger partial charge in [-0.25, -0.2) is 9.37 Å². The Morgan fingerprint density at radius 2 is 1.76 bits per heavy atom. The van der Waals surface area contributed by atoms with Crippen molar-refractivity contribution in [2.75, 3.05) is 0 Å². The summed E-state index contributed by atoms with van der Waals surface area (Å²) in [5.74, 6) is 0.643. The zero-order valence-electron chi connectivity index (χ0n) is 11.0. The third-order valence-corrected chi connectivity index (χ3v) is 4.11. The average molecular weight is 294 g/mol. The highest BCUT2D eigenvalue weighted by Crippen LogP contribution is 2.29. The Morgan fingerprint density at radius 1 is 0.952 bits per heavy atom. The van der Waals surface area contributed by atoms with E-state index in [-0.39, 0.29) is 5.82 Å². The monoisotopic (exact) mass is 294 g/mol. The molecule has 21 heavy (non-hydrogen) atoms. The van der Waals surface area contributed by atoms with Crippen LogP contribution in [0.15, 0.2) is 65.4 Å². The quantitative estimate of drug-likeness (QED) is 0.514. The lowest BCUT2D eigenvalue weighted by molar-refractivity contribution is 0.627. The van der Waals surface area contributed by atoms with Gasteiger partial charge in [0.15, 0.2) is 0 Å². The van der Waals surface area contributed by atoms with Crippen molar-refractivity contribution in [2.45, 2.75) is 0 Å². The van der Waals surface area contributed by atoms with E-state index >= 15 is 0 Å². The number of nitrogens with zero attached hydrogens (tertiary/aromatic N) is 2. The van der Waals surface area contributed by atoms with Gasteiger partial charge in [0.1, 0.15) is 11.6 Å². The minimum absolute atomic E-state index is 0.236. The lowest BCUT2D eigenvalue weighted by Gasteiger charge is -2.08. The number of benzene rings is 2. The summed E-state index contributed by atoms with van der Waals surface area (Å²) in [6.45, 7) is 0. The number of fused-ring (bicyclic) bond motifs is 1. The number of thiophene rings is 1. The smallest absolute Gasteiger partial charge is 0.146 e. The molecule has 0 amide bonds. The third kappa shape index (κ3) is 2.04. The summed E-state index contributed by atoms with van der Waals surface area (Å²) < 4.78 is 15.3. The van der Waals surface area contributed by atoms with Gasteiger partial charge < -0.3 is 0 Å². The number of aromatic nitrogens is 2. The number of halogens is 1. The van der Waals surface area contributed by atoms with E-state index in [2.05, 4.69) is 9.95 Å². The SMILES string of the molecule is Fc1ccc(-n2c(-c3ccsc3)nc3ccccc32)cc1. The van der Waals surface area contributed by atoms with Crippen LogP contribution in [0.3, 0.4) is 0 Å². The lowest BCUT2D eigenvalue weighted by atomic mass is 10.2. The minimum Gasteiger partial charge on any atom is -0.292 e. The van der Waals surface area contributed by atoms with Crippen LogP contribution in [0.4, 0.5) is 4.39 Å². The summed E-state index contributed by atoms with van der Waals surface area (Å²) >= 11 is 1.64. The predicted octanol–water partition coefficient (Wildman–Crippen LogP) is 4.89. The average Bonchev–Trinajstić information content (AvgIpc) is 3.15. The molecule has 4 heteroatoms. The lowest BCUT2D eigenvalue weighted by Crippen LogP contribution is -1.96. The number of rotatable bonds is 2. The molecule has 0 radical (unpaired) electrons. The second kappa shape index (κ2) is 4.82. The van der Waals surface area contributed by atoms with E-state index in [0.717, 1.165) is 28.1 Å². The van der Waals surface area contributed by atoms with Gasteiger partial charge in [-0.2, -0.15) is 11.3 Å². The Bertz CT molecular complexity index is 892. The van der Waals surface area contributed by atoms with Crippen LogP contribution in [0.2, 0.25) is 0 Å². The first kappa shape index (κ1) is 12.3. The molecule has 0 N–H and O–H groups in total. The molecule has 0 saturated carbocycles. The Labute approximate surface area is 125 Å². The van der Waals surface area contributed by atoms with Gasteiger partial charge in [0.05, 0.1) is 11.0 Å². The maximum Gasteiger partial charge on any atom is 0.146 e. The first-order valence-corrected chi connectivity index (χ1v) is 7.53. The van der Waals surface area contributed by atoms with Crippen LogP contribution in [0.25, 0.3) is 28.1 Å². The standard InChI is InChI=1S/C17H11FN2S/c18-13-5-7-14(8-6-13)20-16-4-2-1-3-15(16)19-17(20)12-9-10-21-11-12/h1-11H. The molecule has 4 rings (SSSR count). The molecule has 0 aliphatic heterocycles. The second-order valence-corrected chi connectivity index (χ2v) is 5.53. The van der Waals surface area contributed by atoms with Gasteiger partial charge in [0, 0.05) is 16.6 Å². The van der Waals surface area contributed by atoms with Crippen molar-refractivity contribution in [1.82, 2.24) is 9.55 Å². The van der Waals surface area contributed by atoms with Crippen molar-refractivity contribution in [3.63, 3.8) is 0 Å². The van der Waals surface area contributed by atoms with Gasteiger partial charge in [-0.15, -0.1) is 0 Å². The van der Waals surface area contributed by atoms with E-state index in [1.165, 1.54) is 12.1 Å². The second-order valence-electron chi connectivity index (χ2n) is 4.75. The van der Waals surface area contributed by atoms with E-state index in [1.807, 2.05) is 35.7 Å². The minimum atomic E-state index is -0.236. The van der Waals surface area contributed by atoms with Gasteiger partial charge in [-0.1, -0.05) is 12.1 Å². The van der Waals surface area contributed by atoms with Gasteiger partial charge >= 0.3 is 0 Å². The maximum atomic E-state index is 13.2. The van der Waals surface area contributed by atoms with Crippen LogP contribution < -0.4 is 0 Å². The molecule has 102 valence electrons. The van der Waals surface area contributed by atoms with Crippen molar-refractivity contribution >= 4 is 22.4 Å². The molecular formula is C17H11FN2S. The van der Waals surface area contributed by atoms with Crippen LogP contribution in [0.1, 0.15) is 0 Å². The van der Waals surface area contributed by atoms with E-state index in [1.54, 1.807) is 23.5 Å². The van der Waals surface area contributed by atoms with Gasteiger partial charge in [-0.3, -0.25) is 4.57 Å². The Hall–Kier alpha value is -2.46. The number of imidazole rings is 1. The fourth-order valence-electron chi connectivity index (χ4n) is 2.46. The molecule has 0 aliphatic carbocycles. The number of para-hydroxylation sites is 2. The summed E-state index contributed by atoms with van der Waals surface area (Å²) in [6, 6.07) is 16.5. The molecule has 2 aromatic heterocycles. The van der Waals surface area contributed by atoms with Crippen LogP contribution in [0, 0.1) is 5.82 Å². The van der Waals surface area contributed by atoms with E-state index in [0.29, 0.717) is 0 Å². The van der Waals surface area contributed by atoms with Crippen LogP contribution in [-0.4, -0.2) is 9.55 Å². The topological polar surface area (TPSA) is 17.8 Å². The molecule has 2 heterocycles. The molecule has 2 aromatic carbocycles. The molecule has 0 bridgehead atoms. The number of hydrogen-bond donors (Lipinski definition) is 0. The largest absolute Gasteiger partial charge is 0.292 e. The zero-order chi connectivity index (χ0) is 14.2. The normalized spacial score (nSPS) is 11.1. The van der Waals surface area contributed by atoms with Crippen molar-refractivity contribution < 1.29 is 4.39 Å². The van der Waals surface area contributed by atoms with Gasteiger partial charge in [0.25, 0.3) is 0 Å². The highest BCUT2D eigenvalue weighted by molar-refractivity contribution is 7.08. The van der Waals surface area contributed by atoms with Crippen molar-refractivity contribution in [3.05, 3.63) is 71.2 Å². The Kier molecular flexibility index (Phi) is 2.82. The third-order valence-electron chi connectivity index (χ3n) is 3.42. The zero-order valence-corrected chi connectivity index (χ0v) is 11.8. The molecule has 0 fully saturated rings. The molecule has 0 saturated heterocycles. The molecule has 4 aromatic rings. The van der Waals surface area contributed by atoms with Gasteiger partial charge in [0.2, 0.25) is 0 Å². The molecule has 0 aliphatic rings. The molecule has 2 nitrogen and oxygen atoms in total. The summed E-state index contributed by atoms with van der Waals surface area (Å²) in [5.41, 5.74) is 3.93. The Balaban J connectivity index is 2.05. The van der Waals surface area contributed by atoms with Crippen molar-refractivity contribution in [3.8, 4) is 17.1 Å². The maximum absolute atomic E-state index is 13.2. The molecule has 0 atom stereocenters. The Morgan fingerprint density at radius 3 is 2.52 bits per heavy atom. The van der Waals surface area contributed by atoms with Crippen molar-refractivity contribution in [2.24, 2.45) is 0 Å². The molecular weight excluding hydrogens is 283 g/mol. The molecule has 0 unspecified atom stereocenters. The summed E-state index contributed by atoms with van der Waals surface area (Å²) in [5, 5.41) is 4.10. The first-order valence-electron chi connectivity index (χ1n) is 6.59. The fraction of sp³-hybridized carbons (Fsp3) is 0.